The Morgan fingerprint density at radius 2 is 0.341 bits per heavy atom. The molecule has 0 spiro atoms. The lowest BCUT2D eigenvalue weighted by Gasteiger charge is -2.28. The summed E-state index contributed by atoms with van der Waals surface area (Å²) in [7, 11) is 6.47. The molecule has 0 aliphatic carbocycles. The summed E-state index contributed by atoms with van der Waals surface area (Å²) in [5.74, 6) is 0. The fourth-order valence-corrected chi connectivity index (χ4v) is 19.3. The Bertz CT molecular complexity index is 8310. The zero-order chi connectivity index (χ0) is 90.5. The number of anilines is 15. The fourth-order valence-electron chi connectivity index (χ4n) is 19.3. The van der Waals surface area contributed by atoms with Crippen molar-refractivity contribution in [1.29, 1.82) is 0 Å². The molecule has 0 atom stereocenters. The summed E-state index contributed by atoms with van der Waals surface area (Å²) in [6.07, 6.45) is 0. The molecule has 0 N–H and O–H groups in total. The Hall–Kier alpha value is -17.6. The van der Waals surface area contributed by atoms with Crippen molar-refractivity contribution in [1.82, 2.24) is 0 Å². The highest BCUT2D eigenvalue weighted by molar-refractivity contribution is 6.15. The topological polar surface area (TPSA) is 19.4 Å². The molecule has 6 nitrogen and oxygen atoms in total. The molecule has 24 rings (SSSR count). The lowest BCUT2D eigenvalue weighted by molar-refractivity contribution is 1.21. The summed E-state index contributed by atoms with van der Waals surface area (Å²) in [6.45, 7) is 0. The van der Waals surface area contributed by atoms with Crippen LogP contribution < -0.4 is 29.4 Å². The maximum Gasteiger partial charge on any atom is 0.0567 e. The van der Waals surface area contributed by atoms with Crippen molar-refractivity contribution in [2.75, 3.05) is 50.5 Å². The van der Waals surface area contributed by atoms with E-state index >= 15 is 0 Å². The summed E-state index contributed by atoms with van der Waals surface area (Å²) in [6, 6.07) is 190. The second kappa shape index (κ2) is 37.1. The van der Waals surface area contributed by atoms with Gasteiger partial charge in [-0.15, -0.1) is 0 Å². The zero-order valence-corrected chi connectivity index (χ0v) is 75.4. The summed E-state index contributed by atoms with van der Waals surface area (Å²) >= 11 is 0. The summed E-state index contributed by atoms with van der Waals surface area (Å²) in [5, 5.41) is 22.5. The van der Waals surface area contributed by atoms with E-state index in [1.54, 1.807) is 0 Å². The second-order valence-corrected chi connectivity index (χ2v) is 34.6. The molecular formula is C129H96N6. The fraction of sp³-hybridized carbons (Fsp3) is 0.0233. The van der Waals surface area contributed by atoms with Gasteiger partial charge in [0.2, 0.25) is 0 Å². The van der Waals surface area contributed by atoms with Crippen LogP contribution >= 0.6 is 0 Å². The van der Waals surface area contributed by atoms with Crippen LogP contribution in [0.15, 0.2) is 528 Å². The SMILES string of the molecule is CN(c1ccc(N(c2ccc(-c3ccccc3)cc2)c2ccc3ccccc3c2)cc1)c1c2ccccc2cc2ccccc12.CN(c1ccc(N(c2ccc(-c3ccccc3)cc2)c2ccc3ccccc3c2)cc1)c1cc2ccccc2c2ccccc12.CN(c1ccc(N(c2ccc(-c3ccccc3)cc2)c2ccc3ccccc3c2)cc1)c1ccc2cc3ccccc3cc2c1. The van der Waals surface area contributed by atoms with Gasteiger partial charge in [-0.25, -0.2) is 0 Å². The van der Waals surface area contributed by atoms with Gasteiger partial charge in [0.25, 0.3) is 0 Å². The number of nitrogens with zero attached hydrogens (tertiary/aromatic N) is 6. The van der Waals surface area contributed by atoms with Crippen LogP contribution in [0.4, 0.5) is 85.3 Å². The predicted molar refractivity (Wildman–Crippen MR) is 581 cm³/mol. The molecule has 24 aromatic rings. The minimum atomic E-state index is 1.11. The number of benzene rings is 24. The van der Waals surface area contributed by atoms with Gasteiger partial charge in [0.15, 0.2) is 0 Å². The second-order valence-electron chi connectivity index (χ2n) is 34.6. The number of hydrogen-bond acceptors (Lipinski definition) is 6. The lowest BCUT2D eigenvalue weighted by atomic mass is 9.99. The molecule has 0 saturated heterocycles. The van der Waals surface area contributed by atoms with Gasteiger partial charge >= 0.3 is 0 Å². The minimum absolute atomic E-state index is 1.11. The van der Waals surface area contributed by atoms with E-state index in [1.807, 2.05) is 0 Å². The van der Waals surface area contributed by atoms with Crippen molar-refractivity contribution in [2.24, 2.45) is 0 Å². The summed E-state index contributed by atoms with van der Waals surface area (Å²) in [4.78, 5) is 13.9. The maximum absolute atomic E-state index is 2.35. The molecule has 6 heteroatoms. The molecule has 0 radical (unpaired) electrons. The van der Waals surface area contributed by atoms with Crippen LogP contribution in [0, 0.1) is 0 Å². The predicted octanol–water partition coefficient (Wildman–Crippen LogP) is 36.2. The van der Waals surface area contributed by atoms with Crippen molar-refractivity contribution in [3.05, 3.63) is 528 Å². The van der Waals surface area contributed by atoms with Gasteiger partial charge in [-0.2, -0.15) is 0 Å². The molecule has 0 aliphatic rings. The van der Waals surface area contributed by atoms with Crippen LogP contribution in [0.3, 0.4) is 0 Å². The molecule has 0 fully saturated rings. The van der Waals surface area contributed by atoms with Gasteiger partial charge in [0, 0.05) is 117 Å². The first kappa shape index (κ1) is 83.1. The monoisotopic (exact) mass is 1730 g/mol. The highest BCUT2D eigenvalue weighted by atomic mass is 15.2. The van der Waals surface area contributed by atoms with E-state index in [-0.39, 0.29) is 0 Å². The van der Waals surface area contributed by atoms with E-state index in [1.165, 1.54) is 142 Å². The summed E-state index contributed by atoms with van der Waals surface area (Å²) < 4.78 is 0. The Balaban J connectivity index is 0.000000118. The Morgan fingerprint density at radius 1 is 0.119 bits per heavy atom. The van der Waals surface area contributed by atoms with E-state index in [9.17, 15) is 0 Å². The molecule has 0 saturated carbocycles. The molecule has 642 valence electrons. The van der Waals surface area contributed by atoms with E-state index < -0.39 is 0 Å². The molecule has 0 unspecified atom stereocenters. The third kappa shape index (κ3) is 17.1. The van der Waals surface area contributed by atoms with Gasteiger partial charge in [-0.05, 0) is 296 Å². The molecule has 0 bridgehead atoms. The van der Waals surface area contributed by atoms with Crippen LogP contribution in [0.2, 0.25) is 0 Å². The van der Waals surface area contributed by atoms with E-state index in [0.717, 1.165) is 73.9 Å². The average molecular weight is 1730 g/mol. The van der Waals surface area contributed by atoms with Crippen LogP contribution in [-0.4, -0.2) is 21.1 Å². The normalized spacial score (nSPS) is 11.2. The van der Waals surface area contributed by atoms with Gasteiger partial charge < -0.3 is 29.4 Å². The van der Waals surface area contributed by atoms with Gasteiger partial charge in [-0.3, -0.25) is 0 Å². The van der Waals surface area contributed by atoms with E-state index in [0.29, 0.717) is 0 Å². The van der Waals surface area contributed by atoms with E-state index in [4.69, 9.17) is 0 Å². The first-order chi connectivity index (χ1) is 66.6. The molecule has 0 aliphatic heterocycles. The third-order valence-corrected chi connectivity index (χ3v) is 26.4. The third-order valence-electron chi connectivity index (χ3n) is 26.4. The van der Waals surface area contributed by atoms with Crippen molar-refractivity contribution >= 4 is 182 Å². The van der Waals surface area contributed by atoms with Gasteiger partial charge in [0.1, 0.15) is 0 Å². The molecule has 24 aromatic carbocycles. The quantitative estimate of drug-likeness (QED) is 0.0625. The largest absolute Gasteiger partial charge is 0.345 e. The lowest BCUT2D eigenvalue weighted by Crippen LogP contribution is -2.12. The van der Waals surface area contributed by atoms with E-state index in [2.05, 4.69) is 578 Å². The molecule has 0 heterocycles. The van der Waals surface area contributed by atoms with Crippen LogP contribution in [0.1, 0.15) is 0 Å². The molecular weight excluding hydrogens is 1630 g/mol. The Kier molecular flexibility index (Phi) is 22.8. The highest BCUT2D eigenvalue weighted by Gasteiger charge is 2.22. The van der Waals surface area contributed by atoms with Crippen LogP contribution in [0.5, 0.6) is 0 Å². The number of rotatable bonds is 18. The zero-order valence-electron chi connectivity index (χ0n) is 75.4. The van der Waals surface area contributed by atoms with Crippen molar-refractivity contribution in [3.8, 4) is 33.4 Å². The molecule has 135 heavy (non-hydrogen) atoms. The first-order valence-electron chi connectivity index (χ1n) is 46.2. The Morgan fingerprint density at radius 3 is 0.719 bits per heavy atom. The number of hydrogen-bond donors (Lipinski definition) is 0. The molecule has 0 aromatic heterocycles. The average Bonchev–Trinajstić information content (AvgIpc) is 0.757. The van der Waals surface area contributed by atoms with Crippen molar-refractivity contribution in [3.63, 3.8) is 0 Å². The van der Waals surface area contributed by atoms with Gasteiger partial charge in [-0.1, -0.05) is 346 Å². The number of fused-ring (bicyclic) bond motifs is 10. The minimum Gasteiger partial charge on any atom is -0.345 e. The van der Waals surface area contributed by atoms with Crippen molar-refractivity contribution < 1.29 is 0 Å². The van der Waals surface area contributed by atoms with Crippen molar-refractivity contribution in [2.45, 2.75) is 0 Å². The summed E-state index contributed by atoms with van der Waals surface area (Å²) in [5.41, 5.74) is 24.3. The van der Waals surface area contributed by atoms with Crippen LogP contribution in [-0.2, 0) is 0 Å². The van der Waals surface area contributed by atoms with Crippen LogP contribution in [0.25, 0.3) is 130 Å². The Labute approximate surface area is 788 Å². The smallest absolute Gasteiger partial charge is 0.0567 e. The standard InChI is InChI=1S/3C43H32N2/c1-44(43-41-17-9-7-15-35(41)29-36-16-8-10-18-42(36)43)37-25-27-39(28-26-37)45(40-24-21-32-13-5-6-14-34(32)30-40)38-22-19-33(20-23-38)31-11-3-2-4-12-31;1-44(43-30-35-15-7-8-16-40(35)41-17-9-10-18-42(41)43)36-25-27-38(28-26-36)45(39-24-21-32-13-5-6-14-34(32)29-39)37-22-19-33(20-23-37)31-11-3-2-4-12-31;1-44(42-21-18-37-27-34-12-7-8-13-35(34)28-38(37)30-42)39-23-25-41(26-24-39)45(43-22-17-32-11-5-6-14-36(32)29-43)40-19-15-33(16-20-40)31-9-3-2-4-10-31/h3*2-30H,1H3. The maximum atomic E-state index is 2.35. The van der Waals surface area contributed by atoms with Gasteiger partial charge in [0.05, 0.1) is 5.69 Å². The molecule has 0 amide bonds. The first-order valence-corrected chi connectivity index (χ1v) is 46.2. The highest BCUT2D eigenvalue weighted by Crippen LogP contribution is 2.47.